The van der Waals surface area contributed by atoms with Gasteiger partial charge in [0.2, 0.25) is 0 Å². The van der Waals surface area contributed by atoms with Crippen LogP contribution >= 0.6 is 0 Å². The largest absolute Gasteiger partial charge is 0.481 e. The van der Waals surface area contributed by atoms with E-state index in [9.17, 15) is 14.4 Å². The van der Waals surface area contributed by atoms with Crippen LogP contribution in [0.15, 0.2) is 0 Å². The summed E-state index contributed by atoms with van der Waals surface area (Å²) < 4.78 is 0. The number of hydrogen-bond donors (Lipinski definition) is 11. The summed E-state index contributed by atoms with van der Waals surface area (Å²) in [6.45, 7) is 5.91. The Morgan fingerprint density at radius 1 is 0.391 bits per heavy atom. The summed E-state index contributed by atoms with van der Waals surface area (Å²) in [5.41, 5.74) is 0. The molecule has 0 aromatic rings. The molecule has 0 aromatic heterocycles. The van der Waals surface area contributed by atoms with Gasteiger partial charge in [0.15, 0.2) is 0 Å². The van der Waals surface area contributed by atoms with Gasteiger partial charge in [-0.25, -0.2) is 0 Å². The number of aliphatic hydroxyl groups is 4. The normalized spacial score (nSPS) is 9.33. The summed E-state index contributed by atoms with van der Waals surface area (Å²) in [6, 6.07) is 0. The lowest BCUT2D eigenvalue weighted by Crippen LogP contribution is -2.10. The molecule has 0 aliphatic carbocycles. The fraction of sp³-hybridized carbons (Fsp3) is 0.906. The second kappa shape index (κ2) is 62.0. The Morgan fingerprint density at radius 2 is 0.587 bits per heavy atom. The van der Waals surface area contributed by atoms with Gasteiger partial charge in [-0.1, -0.05) is 71.1 Å². The first kappa shape index (κ1) is 56.4. The SMILES string of the molecule is CCCCCCCCCC(=O)O.CNCCO.CNCCO.CNCCO.CNCCO.O=C(O)CCCCCCCCC(=O)O. The van der Waals surface area contributed by atoms with Crippen molar-refractivity contribution >= 4 is 17.9 Å². The minimum Gasteiger partial charge on any atom is -0.481 e. The van der Waals surface area contributed by atoms with Crippen molar-refractivity contribution < 1.29 is 50.1 Å². The third-order valence-electron chi connectivity index (χ3n) is 5.47. The topological polar surface area (TPSA) is 241 Å². The number of nitrogens with one attached hydrogen (secondary N) is 4. The zero-order valence-electron chi connectivity index (χ0n) is 29.8. The van der Waals surface area contributed by atoms with Gasteiger partial charge in [-0.05, 0) is 47.5 Å². The van der Waals surface area contributed by atoms with Gasteiger partial charge in [-0.2, -0.15) is 0 Å². The molecule has 0 aromatic carbocycles. The Hall–Kier alpha value is -1.91. The highest BCUT2D eigenvalue weighted by molar-refractivity contribution is 5.67. The molecule has 0 radical (unpaired) electrons. The van der Waals surface area contributed by atoms with Crippen LogP contribution in [-0.2, 0) is 14.4 Å². The lowest BCUT2D eigenvalue weighted by Gasteiger charge is -1.98. The summed E-state index contributed by atoms with van der Waals surface area (Å²) in [6.07, 6.45) is 14.5. The number of carbonyl (C=O) groups is 3. The van der Waals surface area contributed by atoms with E-state index in [2.05, 4.69) is 28.2 Å². The molecule has 282 valence electrons. The summed E-state index contributed by atoms with van der Waals surface area (Å²) >= 11 is 0. The molecule has 0 bridgehead atoms. The third-order valence-corrected chi connectivity index (χ3v) is 5.47. The number of aliphatic carboxylic acids is 3. The molecule has 0 unspecified atom stereocenters. The van der Waals surface area contributed by atoms with Gasteiger partial charge in [0, 0.05) is 45.4 Å². The molecule has 0 fully saturated rings. The maximum atomic E-state index is 10.1. The number of carboxylic acids is 3. The van der Waals surface area contributed by atoms with Gasteiger partial charge in [-0.15, -0.1) is 0 Å². The Labute approximate surface area is 279 Å². The predicted molar refractivity (Wildman–Crippen MR) is 187 cm³/mol. The molecule has 14 heteroatoms. The van der Waals surface area contributed by atoms with Crippen molar-refractivity contribution in [2.75, 3.05) is 80.8 Å². The van der Waals surface area contributed by atoms with E-state index in [-0.39, 0.29) is 39.3 Å². The summed E-state index contributed by atoms with van der Waals surface area (Å²) in [5, 5.41) is 68.1. The standard InChI is InChI=1S/C10H18O4.C10H20O2.4C3H9NO/c11-9(12)7-5-3-1-2-4-6-8-10(13)14;1-2-3-4-5-6-7-8-9-10(11)12;4*1-4-2-3-5/h1-8H2,(H,11,12)(H,13,14);2-9H2,1H3,(H,11,12);4*4-5H,2-3H2,1H3. The fourth-order valence-corrected chi connectivity index (χ4v) is 2.94. The van der Waals surface area contributed by atoms with Crippen molar-refractivity contribution in [3.8, 4) is 0 Å². The van der Waals surface area contributed by atoms with Gasteiger partial charge in [0.25, 0.3) is 0 Å². The minimum absolute atomic E-state index is 0.233. The second-order valence-corrected chi connectivity index (χ2v) is 9.98. The molecule has 0 spiro atoms. The summed E-state index contributed by atoms with van der Waals surface area (Å²) in [4.78, 5) is 30.4. The Balaban J connectivity index is -0.000000112. The third kappa shape index (κ3) is 104. The van der Waals surface area contributed by atoms with Crippen LogP contribution in [0.25, 0.3) is 0 Å². The van der Waals surface area contributed by atoms with Crippen LogP contribution in [-0.4, -0.2) is 134 Å². The molecular formula is C32H74N4O10. The molecular weight excluding hydrogens is 600 g/mol. The Kier molecular flexibility index (Phi) is 76.0. The fourth-order valence-electron chi connectivity index (χ4n) is 2.94. The van der Waals surface area contributed by atoms with Crippen LogP contribution in [0.4, 0.5) is 0 Å². The minimum atomic E-state index is -0.740. The van der Waals surface area contributed by atoms with Crippen LogP contribution < -0.4 is 21.3 Å². The maximum absolute atomic E-state index is 10.1. The highest BCUT2D eigenvalue weighted by Gasteiger charge is 1.98. The van der Waals surface area contributed by atoms with Crippen LogP contribution in [0.5, 0.6) is 0 Å². The quantitative estimate of drug-likeness (QED) is 0.0623. The van der Waals surface area contributed by atoms with E-state index in [4.69, 9.17) is 35.7 Å². The molecule has 0 saturated heterocycles. The van der Waals surface area contributed by atoms with E-state index in [1.165, 1.54) is 32.1 Å². The highest BCUT2D eigenvalue weighted by atomic mass is 16.4. The number of carboxylic acid groups (broad SMARTS) is 3. The first-order valence-corrected chi connectivity index (χ1v) is 16.7. The first-order valence-electron chi connectivity index (χ1n) is 16.7. The molecule has 14 nitrogen and oxygen atoms in total. The molecule has 0 aliphatic rings. The molecule has 0 rings (SSSR count). The van der Waals surface area contributed by atoms with Gasteiger partial charge >= 0.3 is 17.9 Å². The van der Waals surface area contributed by atoms with Crippen molar-refractivity contribution in [1.82, 2.24) is 21.3 Å². The number of rotatable bonds is 25. The lowest BCUT2D eigenvalue weighted by molar-refractivity contribution is -0.138. The Morgan fingerprint density at radius 3 is 0.717 bits per heavy atom. The smallest absolute Gasteiger partial charge is 0.303 e. The second-order valence-electron chi connectivity index (χ2n) is 9.98. The van der Waals surface area contributed by atoms with E-state index in [0.717, 1.165) is 51.4 Å². The molecule has 0 saturated carbocycles. The predicted octanol–water partition coefficient (Wildman–Crippen LogP) is 2.28. The van der Waals surface area contributed by atoms with Crippen molar-refractivity contribution in [2.24, 2.45) is 0 Å². The monoisotopic (exact) mass is 675 g/mol. The molecule has 0 aliphatic heterocycles. The van der Waals surface area contributed by atoms with E-state index >= 15 is 0 Å². The molecule has 0 amide bonds. The van der Waals surface area contributed by atoms with E-state index in [1.54, 1.807) is 28.2 Å². The number of aliphatic hydroxyl groups excluding tert-OH is 4. The van der Waals surface area contributed by atoms with E-state index < -0.39 is 17.9 Å². The van der Waals surface area contributed by atoms with Crippen LogP contribution in [0.2, 0.25) is 0 Å². The first-order chi connectivity index (χ1) is 22.1. The molecule has 0 atom stereocenters. The van der Waals surface area contributed by atoms with Crippen LogP contribution in [0, 0.1) is 0 Å². The molecule has 46 heavy (non-hydrogen) atoms. The van der Waals surface area contributed by atoms with Gasteiger partial charge in [0.05, 0.1) is 26.4 Å². The maximum Gasteiger partial charge on any atom is 0.303 e. The van der Waals surface area contributed by atoms with E-state index in [0.29, 0.717) is 32.6 Å². The van der Waals surface area contributed by atoms with E-state index in [1.807, 2.05) is 0 Å². The van der Waals surface area contributed by atoms with Crippen LogP contribution in [0.1, 0.15) is 110 Å². The van der Waals surface area contributed by atoms with Crippen LogP contribution in [0.3, 0.4) is 0 Å². The lowest BCUT2D eigenvalue weighted by atomic mass is 10.1. The number of likely N-dealkylation sites (N-methyl/N-ethyl adjacent to an activating group) is 4. The summed E-state index contributed by atoms with van der Waals surface area (Å²) in [5.74, 6) is -2.14. The molecule has 0 heterocycles. The van der Waals surface area contributed by atoms with Crippen molar-refractivity contribution in [3.05, 3.63) is 0 Å². The van der Waals surface area contributed by atoms with Gasteiger partial charge in [-0.3, -0.25) is 14.4 Å². The van der Waals surface area contributed by atoms with Crippen molar-refractivity contribution in [1.29, 1.82) is 0 Å². The average Bonchev–Trinajstić information content (AvgIpc) is 3.01. The van der Waals surface area contributed by atoms with Gasteiger partial charge in [0.1, 0.15) is 0 Å². The summed E-state index contributed by atoms with van der Waals surface area (Å²) in [7, 11) is 7.21. The number of unbranched alkanes of at least 4 members (excludes halogenated alkanes) is 11. The van der Waals surface area contributed by atoms with Crippen molar-refractivity contribution in [2.45, 2.75) is 110 Å². The highest BCUT2D eigenvalue weighted by Crippen LogP contribution is 2.09. The molecule has 11 N–H and O–H groups in total. The van der Waals surface area contributed by atoms with Gasteiger partial charge < -0.3 is 57.0 Å². The average molecular weight is 675 g/mol. The zero-order valence-corrected chi connectivity index (χ0v) is 29.8. The Bertz CT molecular complexity index is 497. The number of hydrogen-bond acceptors (Lipinski definition) is 11. The van der Waals surface area contributed by atoms with Crippen molar-refractivity contribution in [3.63, 3.8) is 0 Å². The zero-order chi connectivity index (χ0) is 36.5.